The molecule has 4 heteroatoms. The maximum absolute atomic E-state index is 13.1. The molecule has 0 heterocycles. The Bertz CT molecular complexity index is 662. The zero-order valence-electron chi connectivity index (χ0n) is 12.3. The van der Waals surface area contributed by atoms with Crippen molar-refractivity contribution in [3.8, 4) is 0 Å². The van der Waals surface area contributed by atoms with Gasteiger partial charge in [0.05, 0.1) is 12.2 Å². The first-order chi connectivity index (χ1) is 10.6. The molecule has 0 spiro atoms. The summed E-state index contributed by atoms with van der Waals surface area (Å²) in [5, 5.41) is 0. The molecule has 3 nitrogen and oxygen atoms in total. The van der Waals surface area contributed by atoms with Gasteiger partial charge in [-0.3, -0.25) is 4.79 Å². The monoisotopic (exact) mass is 300 g/mol. The lowest BCUT2D eigenvalue weighted by molar-refractivity contribution is -0.117. The van der Waals surface area contributed by atoms with E-state index in [2.05, 4.69) is 0 Å². The van der Waals surface area contributed by atoms with E-state index in [1.54, 1.807) is 43.3 Å². The number of halogens is 1. The Labute approximate surface area is 128 Å². The van der Waals surface area contributed by atoms with Gasteiger partial charge in [0.15, 0.2) is 0 Å². The van der Waals surface area contributed by atoms with Crippen LogP contribution in [0.1, 0.15) is 28.4 Å². The molecule has 0 aliphatic heterocycles. The Morgan fingerprint density at radius 2 is 1.68 bits per heavy atom. The van der Waals surface area contributed by atoms with Crippen LogP contribution in [0.15, 0.2) is 48.5 Å². The summed E-state index contributed by atoms with van der Waals surface area (Å²) in [5.74, 6) is -0.723. The van der Waals surface area contributed by atoms with Crippen LogP contribution in [-0.2, 0) is 22.4 Å². The van der Waals surface area contributed by atoms with Crippen LogP contribution in [0.3, 0.4) is 0 Å². The summed E-state index contributed by atoms with van der Waals surface area (Å²) >= 11 is 0. The fourth-order valence-electron chi connectivity index (χ4n) is 2.14. The van der Waals surface area contributed by atoms with Crippen LogP contribution in [0, 0.1) is 5.82 Å². The average Bonchev–Trinajstić information content (AvgIpc) is 2.48. The van der Waals surface area contributed by atoms with Gasteiger partial charge < -0.3 is 4.74 Å². The Balaban J connectivity index is 1.95. The van der Waals surface area contributed by atoms with Gasteiger partial charge in [-0.15, -0.1) is 0 Å². The van der Waals surface area contributed by atoms with E-state index in [9.17, 15) is 14.0 Å². The quantitative estimate of drug-likeness (QED) is 0.768. The highest BCUT2D eigenvalue weighted by molar-refractivity contribution is 5.89. The number of rotatable bonds is 6. The number of ketones is 1. The molecule has 0 unspecified atom stereocenters. The van der Waals surface area contributed by atoms with Crippen molar-refractivity contribution in [1.82, 2.24) is 0 Å². The topological polar surface area (TPSA) is 43.4 Å². The normalized spacial score (nSPS) is 10.3. The summed E-state index contributed by atoms with van der Waals surface area (Å²) in [6, 6.07) is 12.8. The molecule has 0 saturated carbocycles. The smallest absolute Gasteiger partial charge is 0.338 e. The number of esters is 1. The van der Waals surface area contributed by atoms with Gasteiger partial charge in [-0.25, -0.2) is 9.18 Å². The minimum atomic E-state index is -0.375. The van der Waals surface area contributed by atoms with Gasteiger partial charge in [0.2, 0.25) is 0 Å². The van der Waals surface area contributed by atoms with Crippen molar-refractivity contribution in [1.29, 1.82) is 0 Å². The molecule has 0 N–H and O–H groups in total. The van der Waals surface area contributed by atoms with Crippen LogP contribution in [-0.4, -0.2) is 18.4 Å². The average molecular weight is 300 g/mol. The molecule has 2 rings (SSSR count). The summed E-state index contributed by atoms with van der Waals surface area (Å²) in [6.45, 7) is 2.07. The number of carbonyl (C=O) groups is 2. The molecule has 0 aliphatic carbocycles. The van der Waals surface area contributed by atoms with Crippen LogP contribution in [0.25, 0.3) is 0 Å². The van der Waals surface area contributed by atoms with E-state index in [0.717, 1.165) is 5.56 Å². The molecule has 0 aromatic heterocycles. The van der Waals surface area contributed by atoms with Crippen molar-refractivity contribution < 1.29 is 18.7 Å². The lowest BCUT2D eigenvalue weighted by Gasteiger charge is -2.04. The lowest BCUT2D eigenvalue weighted by atomic mass is 10.0. The van der Waals surface area contributed by atoms with E-state index >= 15 is 0 Å². The predicted octanol–water partition coefficient (Wildman–Crippen LogP) is 3.36. The number of benzene rings is 2. The summed E-state index contributed by atoms with van der Waals surface area (Å²) < 4.78 is 18.0. The molecule has 0 amide bonds. The lowest BCUT2D eigenvalue weighted by Crippen LogP contribution is -2.08. The Hall–Kier alpha value is -2.49. The van der Waals surface area contributed by atoms with Crippen molar-refractivity contribution in [3.05, 3.63) is 71.0 Å². The van der Waals surface area contributed by atoms with Gasteiger partial charge in [-0.2, -0.15) is 0 Å². The summed E-state index contributed by atoms with van der Waals surface area (Å²) in [4.78, 5) is 23.5. The molecule has 0 aliphatic rings. The van der Waals surface area contributed by atoms with Crippen LogP contribution >= 0.6 is 0 Å². The molecule has 2 aromatic carbocycles. The standard InChI is InChI=1S/C18H17FO3/c1-2-22-18(21)15-8-6-13(7-9-15)11-17(20)12-14-4-3-5-16(19)10-14/h3-10H,2,11-12H2,1H3. The van der Waals surface area contributed by atoms with Gasteiger partial charge in [0, 0.05) is 12.8 Å². The summed E-state index contributed by atoms with van der Waals surface area (Å²) in [6.07, 6.45) is 0.441. The zero-order chi connectivity index (χ0) is 15.9. The van der Waals surface area contributed by atoms with Gasteiger partial charge in [0.1, 0.15) is 11.6 Å². The van der Waals surface area contributed by atoms with E-state index in [-0.39, 0.29) is 30.4 Å². The molecule has 2 aromatic rings. The van der Waals surface area contributed by atoms with Gasteiger partial charge >= 0.3 is 5.97 Å². The minimum Gasteiger partial charge on any atom is -0.462 e. The number of hydrogen-bond acceptors (Lipinski definition) is 3. The highest BCUT2D eigenvalue weighted by Crippen LogP contribution is 2.10. The molecule has 22 heavy (non-hydrogen) atoms. The Morgan fingerprint density at radius 1 is 1.00 bits per heavy atom. The highest BCUT2D eigenvalue weighted by atomic mass is 19.1. The Morgan fingerprint density at radius 3 is 2.32 bits per heavy atom. The van der Waals surface area contributed by atoms with Crippen molar-refractivity contribution >= 4 is 11.8 Å². The maximum Gasteiger partial charge on any atom is 0.338 e. The van der Waals surface area contributed by atoms with E-state index in [0.29, 0.717) is 17.7 Å². The van der Waals surface area contributed by atoms with Crippen LogP contribution in [0.5, 0.6) is 0 Å². The fourth-order valence-corrected chi connectivity index (χ4v) is 2.14. The first-order valence-electron chi connectivity index (χ1n) is 7.10. The minimum absolute atomic E-state index is 0.00511. The van der Waals surface area contributed by atoms with Crippen molar-refractivity contribution in [2.24, 2.45) is 0 Å². The number of carbonyl (C=O) groups excluding carboxylic acids is 2. The van der Waals surface area contributed by atoms with E-state index in [1.165, 1.54) is 12.1 Å². The van der Waals surface area contributed by atoms with E-state index in [4.69, 9.17) is 4.74 Å². The van der Waals surface area contributed by atoms with Crippen LogP contribution in [0.4, 0.5) is 4.39 Å². The highest BCUT2D eigenvalue weighted by Gasteiger charge is 2.09. The number of ether oxygens (including phenoxy) is 1. The molecule has 0 saturated heterocycles. The van der Waals surface area contributed by atoms with Crippen molar-refractivity contribution in [3.63, 3.8) is 0 Å². The maximum atomic E-state index is 13.1. The second-order valence-corrected chi connectivity index (χ2v) is 4.94. The Kier molecular flexibility index (Phi) is 5.42. The fraction of sp³-hybridized carbons (Fsp3) is 0.222. The molecular formula is C18H17FO3. The molecule has 114 valence electrons. The third kappa shape index (κ3) is 4.52. The molecule has 0 radical (unpaired) electrons. The first kappa shape index (κ1) is 15.9. The van der Waals surface area contributed by atoms with Crippen LogP contribution < -0.4 is 0 Å². The van der Waals surface area contributed by atoms with E-state index in [1.807, 2.05) is 0 Å². The third-order valence-electron chi connectivity index (χ3n) is 3.16. The SMILES string of the molecule is CCOC(=O)c1ccc(CC(=O)Cc2cccc(F)c2)cc1. The largest absolute Gasteiger partial charge is 0.462 e. The molecule has 0 fully saturated rings. The second-order valence-electron chi connectivity index (χ2n) is 4.94. The van der Waals surface area contributed by atoms with Crippen molar-refractivity contribution in [2.75, 3.05) is 6.61 Å². The number of hydrogen-bond donors (Lipinski definition) is 0. The molecule has 0 atom stereocenters. The summed E-state index contributed by atoms with van der Waals surface area (Å²) in [5.41, 5.74) is 1.94. The van der Waals surface area contributed by atoms with E-state index < -0.39 is 0 Å². The van der Waals surface area contributed by atoms with Crippen molar-refractivity contribution in [2.45, 2.75) is 19.8 Å². The first-order valence-corrected chi connectivity index (χ1v) is 7.10. The molecular weight excluding hydrogens is 283 g/mol. The predicted molar refractivity (Wildman–Crippen MR) is 81.2 cm³/mol. The molecule has 0 bridgehead atoms. The van der Waals surface area contributed by atoms with Gasteiger partial charge in [-0.1, -0.05) is 24.3 Å². The zero-order valence-corrected chi connectivity index (χ0v) is 12.3. The number of Topliss-reactive ketones (excluding diaryl/α,β-unsaturated/α-hetero) is 1. The van der Waals surface area contributed by atoms with Gasteiger partial charge in [0.25, 0.3) is 0 Å². The van der Waals surface area contributed by atoms with Crippen LogP contribution in [0.2, 0.25) is 0 Å². The third-order valence-corrected chi connectivity index (χ3v) is 3.16. The summed E-state index contributed by atoms with van der Waals surface area (Å²) in [7, 11) is 0. The second kappa shape index (κ2) is 7.50. The van der Waals surface area contributed by atoms with Gasteiger partial charge in [-0.05, 0) is 42.3 Å².